The molecule has 0 saturated heterocycles. The van der Waals surface area contributed by atoms with E-state index in [1.54, 1.807) is 6.20 Å². The van der Waals surface area contributed by atoms with Crippen molar-refractivity contribution in [3.8, 4) is 0 Å². The Kier molecular flexibility index (Phi) is 6.36. The molecule has 1 rings (SSSR count). The van der Waals surface area contributed by atoms with Gasteiger partial charge in [-0.25, -0.2) is 0 Å². The fraction of sp³-hybridized carbons (Fsp3) is 0.571. The van der Waals surface area contributed by atoms with Gasteiger partial charge in [0.05, 0.1) is 12.6 Å². The highest BCUT2D eigenvalue weighted by Gasteiger charge is 2.12. The molecule has 0 radical (unpaired) electrons. The first-order valence-electron chi connectivity index (χ1n) is 6.42. The van der Waals surface area contributed by atoms with Gasteiger partial charge < -0.3 is 10.4 Å². The first-order valence-corrected chi connectivity index (χ1v) is 6.42. The molecule has 0 aromatic carbocycles. The van der Waals surface area contributed by atoms with E-state index in [2.05, 4.69) is 24.1 Å². The van der Waals surface area contributed by atoms with Gasteiger partial charge >= 0.3 is 0 Å². The molecule has 0 aliphatic rings. The number of aryl methyl sites for hydroxylation is 1. The molecule has 1 atom stereocenters. The Labute approximate surface area is 108 Å². The maximum Gasteiger partial charge on any atom is 0.220 e. The van der Waals surface area contributed by atoms with Crippen LogP contribution >= 0.6 is 0 Å². The maximum atomic E-state index is 11.7. The summed E-state index contributed by atoms with van der Waals surface area (Å²) < 4.78 is 0. The molecule has 1 aromatic rings. The molecule has 0 bridgehead atoms. The second kappa shape index (κ2) is 7.82. The van der Waals surface area contributed by atoms with Crippen LogP contribution < -0.4 is 5.32 Å². The number of aliphatic hydroxyl groups is 1. The molecule has 1 aromatic heterocycles. The number of pyridine rings is 1. The third-order valence-corrected chi connectivity index (χ3v) is 2.68. The van der Waals surface area contributed by atoms with Crippen LogP contribution in [0.2, 0.25) is 0 Å². The second-order valence-corrected chi connectivity index (χ2v) is 4.90. The summed E-state index contributed by atoms with van der Waals surface area (Å²) in [5.41, 5.74) is 0.914. The highest BCUT2D eigenvalue weighted by atomic mass is 16.3. The molecule has 1 heterocycles. The molecule has 0 saturated carbocycles. The number of amides is 1. The zero-order chi connectivity index (χ0) is 13.4. The van der Waals surface area contributed by atoms with Gasteiger partial charge in [0.25, 0.3) is 0 Å². The van der Waals surface area contributed by atoms with E-state index in [1.807, 2.05) is 18.2 Å². The number of hydrogen-bond donors (Lipinski definition) is 2. The Morgan fingerprint density at radius 3 is 2.78 bits per heavy atom. The van der Waals surface area contributed by atoms with E-state index in [9.17, 15) is 9.90 Å². The number of rotatable bonds is 7. The predicted octanol–water partition coefficient (Wildman–Crippen LogP) is 1.54. The number of nitrogens with zero attached hydrogens (tertiary/aromatic N) is 1. The van der Waals surface area contributed by atoms with Crippen LogP contribution in [0.1, 0.15) is 32.4 Å². The first-order chi connectivity index (χ1) is 8.61. The minimum atomic E-state index is -0.138. The van der Waals surface area contributed by atoms with Crippen LogP contribution in [0.15, 0.2) is 24.4 Å². The van der Waals surface area contributed by atoms with Crippen LogP contribution in [-0.2, 0) is 11.2 Å². The van der Waals surface area contributed by atoms with Gasteiger partial charge in [-0.1, -0.05) is 19.9 Å². The van der Waals surface area contributed by atoms with E-state index in [0.29, 0.717) is 18.8 Å². The lowest BCUT2D eigenvalue weighted by atomic mass is 10.0. The van der Waals surface area contributed by atoms with E-state index in [-0.39, 0.29) is 18.6 Å². The van der Waals surface area contributed by atoms with Crippen molar-refractivity contribution in [1.82, 2.24) is 10.3 Å². The lowest BCUT2D eigenvalue weighted by Crippen LogP contribution is -2.38. The van der Waals surface area contributed by atoms with Crippen LogP contribution in [0.3, 0.4) is 0 Å². The van der Waals surface area contributed by atoms with Crippen molar-refractivity contribution in [1.29, 1.82) is 0 Å². The smallest absolute Gasteiger partial charge is 0.220 e. The van der Waals surface area contributed by atoms with Crippen LogP contribution in [0.5, 0.6) is 0 Å². The number of aliphatic hydroxyl groups excluding tert-OH is 1. The Hall–Kier alpha value is -1.42. The van der Waals surface area contributed by atoms with Gasteiger partial charge in [0.1, 0.15) is 0 Å². The zero-order valence-corrected chi connectivity index (χ0v) is 11.1. The normalized spacial score (nSPS) is 12.4. The summed E-state index contributed by atoms with van der Waals surface area (Å²) >= 11 is 0. The van der Waals surface area contributed by atoms with E-state index < -0.39 is 0 Å². The van der Waals surface area contributed by atoms with Crippen LogP contribution in [0.25, 0.3) is 0 Å². The number of carbonyl (C=O) groups is 1. The lowest BCUT2D eigenvalue weighted by Gasteiger charge is -2.18. The molecule has 18 heavy (non-hydrogen) atoms. The number of nitrogens with one attached hydrogen (secondary N) is 1. The van der Waals surface area contributed by atoms with Crippen molar-refractivity contribution in [2.75, 3.05) is 6.61 Å². The summed E-state index contributed by atoms with van der Waals surface area (Å²) in [5, 5.41) is 12.0. The molecule has 0 spiro atoms. The second-order valence-electron chi connectivity index (χ2n) is 4.90. The Bertz CT molecular complexity index is 352. The van der Waals surface area contributed by atoms with Crippen molar-refractivity contribution in [3.63, 3.8) is 0 Å². The fourth-order valence-electron chi connectivity index (χ4n) is 1.84. The van der Waals surface area contributed by atoms with Gasteiger partial charge in [-0.15, -0.1) is 0 Å². The predicted molar refractivity (Wildman–Crippen MR) is 71.0 cm³/mol. The lowest BCUT2D eigenvalue weighted by molar-refractivity contribution is -0.122. The fourth-order valence-corrected chi connectivity index (χ4v) is 1.84. The van der Waals surface area contributed by atoms with Gasteiger partial charge in [-0.2, -0.15) is 0 Å². The average Bonchev–Trinajstić information content (AvgIpc) is 2.36. The molecule has 4 nitrogen and oxygen atoms in total. The summed E-state index contributed by atoms with van der Waals surface area (Å²) in [7, 11) is 0. The first kappa shape index (κ1) is 14.6. The average molecular weight is 250 g/mol. The molecule has 1 amide bonds. The summed E-state index contributed by atoms with van der Waals surface area (Å²) in [6, 6.07) is 5.54. The highest BCUT2D eigenvalue weighted by molar-refractivity contribution is 5.76. The summed E-state index contributed by atoms with van der Waals surface area (Å²) in [4.78, 5) is 15.9. The van der Waals surface area contributed by atoms with E-state index in [1.165, 1.54) is 0 Å². The molecule has 0 aliphatic heterocycles. The largest absolute Gasteiger partial charge is 0.394 e. The van der Waals surface area contributed by atoms with Crippen LogP contribution in [-0.4, -0.2) is 28.6 Å². The highest BCUT2D eigenvalue weighted by Crippen LogP contribution is 2.05. The van der Waals surface area contributed by atoms with Crippen molar-refractivity contribution in [2.45, 2.75) is 39.2 Å². The van der Waals surface area contributed by atoms with Crippen molar-refractivity contribution >= 4 is 5.91 Å². The van der Waals surface area contributed by atoms with Gasteiger partial charge in [0.15, 0.2) is 0 Å². The van der Waals surface area contributed by atoms with Gasteiger partial charge in [0, 0.05) is 18.3 Å². The molecule has 100 valence electrons. The summed E-state index contributed by atoms with van der Waals surface area (Å²) in [6.45, 7) is 4.14. The number of carbonyl (C=O) groups excluding carboxylic acids is 1. The molecular formula is C14H22N2O2. The number of aromatic nitrogens is 1. The maximum absolute atomic E-state index is 11.7. The van der Waals surface area contributed by atoms with Gasteiger partial charge in [-0.05, 0) is 30.9 Å². The molecule has 4 heteroatoms. The van der Waals surface area contributed by atoms with Crippen LogP contribution in [0, 0.1) is 5.92 Å². The minimum Gasteiger partial charge on any atom is -0.394 e. The summed E-state index contributed by atoms with van der Waals surface area (Å²) in [5.74, 6) is 0.429. The number of hydrogen-bond acceptors (Lipinski definition) is 3. The zero-order valence-electron chi connectivity index (χ0n) is 11.1. The Morgan fingerprint density at radius 1 is 1.44 bits per heavy atom. The van der Waals surface area contributed by atoms with Gasteiger partial charge in [-0.3, -0.25) is 9.78 Å². The quantitative estimate of drug-likeness (QED) is 0.771. The van der Waals surface area contributed by atoms with Crippen LogP contribution in [0.4, 0.5) is 0 Å². The van der Waals surface area contributed by atoms with E-state index in [4.69, 9.17) is 0 Å². The molecule has 0 fully saturated rings. The Morgan fingerprint density at radius 2 is 2.22 bits per heavy atom. The van der Waals surface area contributed by atoms with E-state index >= 15 is 0 Å². The SMILES string of the molecule is CC(C)CC(CO)NC(=O)CCc1ccccn1. The molecule has 1 unspecified atom stereocenters. The van der Waals surface area contributed by atoms with Crippen molar-refractivity contribution in [3.05, 3.63) is 30.1 Å². The van der Waals surface area contributed by atoms with E-state index in [0.717, 1.165) is 12.1 Å². The summed E-state index contributed by atoms with van der Waals surface area (Å²) in [6.07, 6.45) is 3.56. The third-order valence-electron chi connectivity index (χ3n) is 2.68. The molecule has 2 N–H and O–H groups in total. The minimum absolute atomic E-state index is 0.00644. The topological polar surface area (TPSA) is 62.2 Å². The Balaban J connectivity index is 2.32. The third kappa shape index (κ3) is 5.77. The van der Waals surface area contributed by atoms with Gasteiger partial charge in [0.2, 0.25) is 5.91 Å². The van der Waals surface area contributed by atoms with Crippen molar-refractivity contribution < 1.29 is 9.90 Å². The van der Waals surface area contributed by atoms with Crippen molar-refractivity contribution in [2.24, 2.45) is 5.92 Å². The molecule has 0 aliphatic carbocycles. The molecular weight excluding hydrogens is 228 g/mol. The monoisotopic (exact) mass is 250 g/mol. The standard InChI is InChI=1S/C14H22N2O2/c1-11(2)9-13(10-17)16-14(18)7-6-12-5-3-4-8-15-12/h3-5,8,11,13,17H,6-7,9-10H2,1-2H3,(H,16,18).